The number of benzene rings is 1. The van der Waals surface area contributed by atoms with Gasteiger partial charge < -0.3 is 5.32 Å². The van der Waals surface area contributed by atoms with Crippen molar-refractivity contribution in [2.24, 2.45) is 7.05 Å². The Morgan fingerprint density at radius 1 is 1.53 bits per heavy atom. The minimum absolute atomic E-state index is 0.175. The molecule has 2 aromatic rings. The number of aromatic nitrogens is 2. The van der Waals surface area contributed by atoms with Crippen LogP contribution in [0.5, 0.6) is 0 Å². The summed E-state index contributed by atoms with van der Waals surface area (Å²) in [6.07, 6.45) is 1.99. The van der Waals surface area contributed by atoms with Crippen LogP contribution in [0.1, 0.15) is 10.4 Å². The fraction of sp³-hybridized carbons (Fsp3) is 0.0909. The normalized spacial score (nSPS) is 10.2. The van der Waals surface area contributed by atoms with Gasteiger partial charge in [-0.3, -0.25) is 19.6 Å². The molecule has 8 heteroatoms. The molecule has 1 aromatic carbocycles. The summed E-state index contributed by atoms with van der Waals surface area (Å²) >= 11 is 5.73. The third kappa shape index (κ3) is 2.55. The fourth-order valence-corrected chi connectivity index (χ4v) is 1.75. The Kier molecular flexibility index (Phi) is 3.48. The van der Waals surface area contributed by atoms with E-state index in [9.17, 15) is 14.9 Å². The van der Waals surface area contributed by atoms with Crippen LogP contribution in [0.15, 0.2) is 24.4 Å². The third-order valence-electron chi connectivity index (χ3n) is 2.50. The van der Waals surface area contributed by atoms with E-state index in [2.05, 4.69) is 10.4 Å². The van der Waals surface area contributed by atoms with E-state index in [1.165, 1.54) is 29.1 Å². The summed E-state index contributed by atoms with van der Waals surface area (Å²) in [5.41, 5.74) is 0.374. The Bertz CT molecular complexity index is 653. The monoisotopic (exact) mass is 280 g/mol. The molecule has 0 atom stereocenters. The van der Waals surface area contributed by atoms with E-state index < -0.39 is 4.92 Å². The van der Waals surface area contributed by atoms with E-state index in [1.807, 2.05) is 0 Å². The van der Waals surface area contributed by atoms with Gasteiger partial charge in [-0.2, -0.15) is 5.10 Å². The number of hydrogen-bond donors (Lipinski definition) is 1. The Morgan fingerprint density at radius 3 is 2.89 bits per heavy atom. The average molecular weight is 281 g/mol. The summed E-state index contributed by atoms with van der Waals surface area (Å²) in [7, 11) is 1.62. The first-order valence-electron chi connectivity index (χ1n) is 5.21. The summed E-state index contributed by atoms with van der Waals surface area (Å²) in [6.45, 7) is 0. The van der Waals surface area contributed by atoms with Crippen molar-refractivity contribution in [3.63, 3.8) is 0 Å². The third-order valence-corrected chi connectivity index (χ3v) is 2.74. The number of nitrogens with one attached hydrogen (secondary N) is 1. The average Bonchev–Trinajstić information content (AvgIpc) is 2.72. The van der Waals surface area contributed by atoms with Crippen molar-refractivity contribution in [2.45, 2.75) is 0 Å². The van der Waals surface area contributed by atoms with Crippen LogP contribution < -0.4 is 5.32 Å². The van der Waals surface area contributed by atoms with Crippen LogP contribution in [0.3, 0.4) is 0 Å². The molecule has 0 spiro atoms. The molecule has 1 aromatic heterocycles. The zero-order chi connectivity index (χ0) is 14.0. The molecule has 7 nitrogen and oxygen atoms in total. The van der Waals surface area contributed by atoms with Gasteiger partial charge in [0.25, 0.3) is 5.69 Å². The highest BCUT2D eigenvalue weighted by Crippen LogP contribution is 2.30. The number of carbonyl (C=O) groups excluding carboxylic acids is 1. The molecule has 0 fully saturated rings. The quantitative estimate of drug-likeness (QED) is 0.528. The number of nitro groups is 1. The van der Waals surface area contributed by atoms with Gasteiger partial charge in [-0.25, -0.2) is 0 Å². The minimum atomic E-state index is -0.550. The van der Waals surface area contributed by atoms with Gasteiger partial charge in [-0.15, -0.1) is 0 Å². The molecule has 0 aliphatic rings. The maximum absolute atomic E-state index is 11.0. The lowest BCUT2D eigenvalue weighted by molar-refractivity contribution is -0.383. The molecule has 0 amide bonds. The smallest absolute Gasteiger partial charge is 0.294 e. The SMILES string of the molecule is Cn1ncc(C=O)c1Nc1ccc(Cl)cc1[N+](=O)[O-]. The Morgan fingerprint density at radius 2 is 2.26 bits per heavy atom. The van der Waals surface area contributed by atoms with Gasteiger partial charge in [0.1, 0.15) is 11.5 Å². The number of carbonyl (C=O) groups is 1. The molecule has 0 saturated heterocycles. The van der Waals surface area contributed by atoms with Crippen molar-refractivity contribution >= 4 is 35.1 Å². The van der Waals surface area contributed by atoms with Crippen LogP contribution in [-0.4, -0.2) is 21.0 Å². The summed E-state index contributed by atoms with van der Waals surface area (Å²) in [4.78, 5) is 21.3. The van der Waals surface area contributed by atoms with Crippen LogP contribution >= 0.6 is 11.6 Å². The van der Waals surface area contributed by atoms with Crippen LogP contribution in [-0.2, 0) is 7.05 Å². The molecular formula is C11H9ClN4O3. The molecule has 0 unspecified atom stereocenters. The summed E-state index contributed by atoms with van der Waals surface area (Å²) in [6, 6.07) is 4.23. The van der Waals surface area contributed by atoms with E-state index >= 15 is 0 Å². The predicted octanol–water partition coefficient (Wildman–Crippen LogP) is 2.54. The highest BCUT2D eigenvalue weighted by molar-refractivity contribution is 6.30. The number of aldehydes is 1. The second-order valence-electron chi connectivity index (χ2n) is 3.73. The maximum Gasteiger partial charge on any atom is 0.294 e. The Labute approximate surface area is 112 Å². The van der Waals surface area contributed by atoms with Crippen molar-refractivity contribution in [3.05, 3.63) is 45.1 Å². The number of nitro benzene ring substituents is 1. The van der Waals surface area contributed by atoms with E-state index in [1.54, 1.807) is 7.05 Å². The van der Waals surface area contributed by atoms with Gasteiger partial charge in [-0.1, -0.05) is 11.6 Å². The van der Waals surface area contributed by atoms with Gasteiger partial charge in [0, 0.05) is 18.1 Å². The van der Waals surface area contributed by atoms with E-state index in [0.717, 1.165) is 0 Å². The Balaban J connectivity index is 2.46. The molecule has 0 saturated carbocycles. The van der Waals surface area contributed by atoms with Gasteiger partial charge >= 0.3 is 0 Å². The number of nitrogens with zero attached hydrogens (tertiary/aromatic N) is 3. The fourth-order valence-electron chi connectivity index (χ4n) is 1.58. The van der Waals surface area contributed by atoms with Crippen LogP contribution in [0, 0.1) is 10.1 Å². The van der Waals surface area contributed by atoms with E-state index in [-0.39, 0.29) is 16.4 Å². The van der Waals surface area contributed by atoms with Gasteiger partial charge in [-0.05, 0) is 12.1 Å². The molecule has 0 aliphatic carbocycles. The first-order chi connectivity index (χ1) is 9.02. The van der Waals surface area contributed by atoms with Crippen molar-refractivity contribution < 1.29 is 9.72 Å². The van der Waals surface area contributed by atoms with Crippen molar-refractivity contribution in [1.29, 1.82) is 0 Å². The second-order valence-corrected chi connectivity index (χ2v) is 4.17. The van der Waals surface area contributed by atoms with Crippen LogP contribution in [0.25, 0.3) is 0 Å². The maximum atomic E-state index is 11.0. The minimum Gasteiger partial charge on any atom is -0.334 e. The summed E-state index contributed by atoms with van der Waals surface area (Å²) in [5.74, 6) is 0.375. The summed E-state index contributed by atoms with van der Waals surface area (Å²) in [5, 5.41) is 17.9. The number of aryl methyl sites for hydroxylation is 1. The largest absolute Gasteiger partial charge is 0.334 e. The van der Waals surface area contributed by atoms with E-state index in [0.29, 0.717) is 17.7 Å². The first-order valence-corrected chi connectivity index (χ1v) is 5.59. The molecule has 0 bridgehead atoms. The lowest BCUT2D eigenvalue weighted by Gasteiger charge is -2.08. The second kappa shape index (κ2) is 5.07. The topological polar surface area (TPSA) is 90.1 Å². The molecule has 98 valence electrons. The van der Waals surface area contributed by atoms with E-state index in [4.69, 9.17) is 11.6 Å². The molecule has 1 N–H and O–H groups in total. The highest BCUT2D eigenvalue weighted by atomic mass is 35.5. The van der Waals surface area contributed by atoms with Gasteiger partial charge in [0.05, 0.1) is 16.7 Å². The number of anilines is 2. The van der Waals surface area contributed by atoms with Crippen molar-refractivity contribution in [2.75, 3.05) is 5.32 Å². The number of halogens is 1. The molecule has 2 rings (SSSR count). The predicted molar refractivity (Wildman–Crippen MR) is 70.0 cm³/mol. The highest BCUT2D eigenvalue weighted by Gasteiger charge is 2.17. The molecule has 0 radical (unpaired) electrons. The number of rotatable bonds is 4. The van der Waals surface area contributed by atoms with Gasteiger partial charge in [0.15, 0.2) is 6.29 Å². The number of hydrogen-bond acceptors (Lipinski definition) is 5. The molecule has 0 aliphatic heterocycles. The van der Waals surface area contributed by atoms with Gasteiger partial charge in [0.2, 0.25) is 0 Å². The lowest BCUT2D eigenvalue weighted by atomic mass is 10.2. The zero-order valence-corrected chi connectivity index (χ0v) is 10.6. The van der Waals surface area contributed by atoms with Crippen molar-refractivity contribution in [1.82, 2.24) is 9.78 Å². The lowest BCUT2D eigenvalue weighted by Crippen LogP contribution is -2.03. The van der Waals surface area contributed by atoms with Crippen LogP contribution in [0.4, 0.5) is 17.2 Å². The van der Waals surface area contributed by atoms with Crippen molar-refractivity contribution in [3.8, 4) is 0 Å². The summed E-state index contributed by atoms with van der Waals surface area (Å²) < 4.78 is 1.42. The standard InChI is InChI=1S/C11H9ClN4O3/c1-15-11(7(6-17)5-13-15)14-9-3-2-8(12)4-10(9)16(18)19/h2-6,14H,1H3. The molecule has 1 heterocycles. The van der Waals surface area contributed by atoms with Crippen LogP contribution in [0.2, 0.25) is 5.02 Å². The Hall–Kier alpha value is -2.41. The zero-order valence-electron chi connectivity index (χ0n) is 9.83. The first kappa shape index (κ1) is 13.0. The molecular weight excluding hydrogens is 272 g/mol. The molecule has 19 heavy (non-hydrogen) atoms.